The molecule has 0 radical (unpaired) electrons. The van der Waals surface area contributed by atoms with Gasteiger partial charge in [0.1, 0.15) is 12.2 Å². The Morgan fingerprint density at radius 2 is 2.19 bits per heavy atom. The predicted octanol–water partition coefficient (Wildman–Crippen LogP) is 1.16. The topological polar surface area (TPSA) is 55.6 Å². The van der Waals surface area contributed by atoms with Gasteiger partial charge in [-0.1, -0.05) is 19.9 Å². The summed E-state index contributed by atoms with van der Waals surface area (Å²) < 4.78 is 1.75. The molecule has 0 aliphatic rings. The van der Waals surface area contributed by atoms with Gasteiger partial charge in [0.25, 0.3) is 0 Å². The third kappa shape index (κ3) is 2.43. The third-order valence-corrected chi connectivity index (χ3v) is 2.15. The first kappa shape index (κ1) is 10.8. The molecule has 0 spiro atoms. The van der Waals surface area contributed by atoms with Crippen LogP contribution in [-0.2, 0) is 6.54 Å². The van der Waals surface area contributed by atoms with Crippen LogP contribution in [0.3, 0.4) is 0 Å². The van der Waals surface area contributed by atoms with Crippen molar-refractivity contribution in [3.05, 3.63) is 36.5 Å². The van der Waals surface area contributed by atoms with Gasteiger partial charge < -0.3 is 5.32 Å². The Balaban J connectivity index is 2.19. The molecule has 0 fully saturated rings. The van der Waals surface area contributed by atoms with E-state index < -0.39 is 0 Å². The van der Waals surface area contributed by atoms with Crippen LogP contribution in [-0.4, -0.2) is 25.8 Å². The van der Waals surface area contributed by atoms with Gasteiger partial charge >= 0.3 is 0 Å². The van der Waals surface area contributed by atoms with E-state index in [0.29, 0.717) is 12.6 Å². The summed E-state index contributed by atoms with van der Waals surface area (Å²) in [7, 11) is 0. The molecule has 0 aromatic carbocycles. The monoisotopic (exact) mass is 217 g/mol. The van der Waals surface area contributed by atoms with E-state index in [9.17, 15) is 0 Å². The zero-order chi connectivity index (χ0) is 11.4. The number of rotatable bonds is 4. The van der Waals surface area contributed by atoms with Gasteiger partial charge in [-0.15, -0.1) is 0 Å². The lowest BCUT2D eigenvalue weighted by molar-refractivity contribution is 0.561. The molecule has 0 bridgehead atoms. The molecule has 5 nitrogen and oxygen atoms in total. The van der Waals surface area contributed by atoms with Crippen molar-refractivity contribution in [1.29, 1.82) is 0 Å². The Kier molecular flexibility index (Phi) is 3.26. The van der Waals surface area contributed by atoms with Gasteiger partial charge in [0.15, 0.2) is 5.82 Å². The van der Waals surface area contributed by atoms with Crippen LogP contribution < -0.4 is 5.32 Å². The molecule has 0 saturated carbocycles. The lowest BCUT2D eigenvalue weighted by atomic mass is 10.4. The average Bonchev–Trinajstić information content (AvgIpc) is 2.75. The summed E-state index contributed by atoms with van der Waals surface area (Å²) in [6, 6.07) is 6.15. The minimum atomic E-state index is 0.425. The Bertz CT molecular complexity index is 435. The molecule has 5 heteroatoms. The van der Waals surface area contributed by atoms with Crippen molar-refractivity contribution in [3.63, 3.8) is 0 Å². The average molecular weight is 217 g/mol. The SMILES string of the molecule is CC(C)NCc1ncnn1-c1ccccn1. The Morgan fingerprint density at radius 1 is 1.31 bits per heavy atom. The number of hydrogen-bond acceptors (Lipinski definition) is 4. The summed E-state index contributed by atoms with van der Waals surface area (Å²) >= 11 is 0. The second-order valence-corrected chi connectivity index (χ2v) is 3.81. The van der Waals surface area contributed by atoms with Gasteiger partial charge in [0, 0.05) is 12.2 Å². The summed E-state index contributed by atoms with van der Waals surface area (Å²) in [5, 5.41) is 7.47. The quantitative estimate of drug-likeness (QED) is 0.835. The Labute approximate surface area is 94.5 Å². The lowest BCUT2D eigenvalue weighted by Gasteiger charge is -2.08. The van der Waals surface area contributed by atoms with Crippen LogP contribution in [0.15, 0.2) is 30.7 Å². The van der Waals surface area contributed by atoms with Crippen LogP contribution in [0.4, 0.5) is 0 Å². The summed E-state index contributed by atoms with van der Waals surface area (Å²) in [5.74, 6) is 1.66. The largest absolute Gasteiger partial charge is 0.308 e. The van der Waals surface area contributed by atoms with Crippen LogP contribution in [0, 0.1) is 0 Å². The van der Waals surface area contributed by atoms with Gasteiger partial charge in [-0.2, -0.15) is 9.78 Å². The maximum atomic E-state index is 4.24. The standard InChI is InChI=1S/C11H15N5/c1-9(2)13-7-11-14-8-15-16(11)10-5-3-4-6-12-10/h3-6,8-9,13H,7H2,1-2H3. The van der Waals surface area contributed by atoms with E-state index in [0.717, 1.165) is 11.6 Å². The summed E-state index contributed by atoms with van der Waals surface area (Å²) in [4.78, 5) is 8.46. The molecule has 0 atom stereocenters. The van der Waals surface area contributed by atoms with Crippen LogP contribution in [0.2, 0.25) is 0 Å². The first-order valence-electron chi connectivity index (χ1n) is 5.31. The second-order valence-electron chi connectivity index (χ2n) is 3.81. The highest BCUT2D eigenvalue weighted by Gasteiger charge is 2.06. The Morgan fingerprint density at radius 3 is 2.88 bits per heavy atom. The number of pyridine rings is 1. The first-order chi connectivity index (χ1) is 7.77. The van der Waals surface area contributed by atoms with Crippen molar-refractivity contribution in [1.82, 2.24) is 25.1 Å². The van der Waals surface area contributed by atoms with Crippen molar-refractivity contribution in [3.8, 4) is 5.82 Å². The maximum Gasteiger partial charge on any atom is 0.155 e. The summed E-state index contributed by atoms with van der Waals surface area (Å²) in [6.45, 7) is 4.89. The van der Waals surface area contributed by atoms with E-state index in [1.807, 2.05) is 18.2 Å². The number of aromatic nitrogens is 4. The van der Waals surface area contributed by atoms with E-state index in [2.05, 4.69) is 34.2 Å². The van der Waals surface area contributed by atoms with E-state index in [1.54, 1.807) is 17.2 Å². The summed E-state index contributed by atoms with van der Waals surface area (Å²) in [6.07, 6.45) is 3.29. The van der Waals surface area contributed by atoms with E-state index >= 15 is 0 Å². The fraction of sp³-hybridized carbons (Fsp3) is 0.364. The van der Waals surface area contributed by atoms with Crippen LogP contribution in [0.25, 0.3) is 5.82 Å². The minimum Gasteiger partial charge on any atom is -0.308 e. The molecule has 0 unspecified atom stereocenters. The van der Waals surface area contributed by atoms with Gasteiger partial charge in [-0.25, -0.2) is 9.97 Å². The fourth-order valence-electron chi connectivity index (χ4n) is 1.35. The second kappa shape index (κ2) is 4.85. The summed E-state index contributed by atoms with van der Waals surface area (Å²) in [5.41, 5.74) is 0. The molecule has 2 rings (SSSR count). The van der Waals surface area contributed by atoms with Gasteiger partial charge in [0.05, 0.1) is 6.54 Å². The van der Waals surface area contributed by atoms with Crippen LogP contribution in [0.5, 0.6) is 0 Å². The molecule has 1 N–H and O–H groups in total. The number of nitrogens with zero attached hydrogens (tertiary/aromatic N) is 4. The molecule has 16 heavy (non-hydrogen) atoms. The first-order valence-corrected chi connectivity index (χ1v) is 5.31. The van der Waals surface area contributed by atoms with Crippen molar-refractivity contribution in [2.24, 2.45) is 0 Å². The zero-order valence-electron chi connectivity index (χ0n) is 9.46. The molecule has 84 valence electrons. The highest BCUT2D eigenvalue weighted by atomic mass is 15.4. The van der Waals surface area contributed by atoms with Crippen molar-refractivity contribution in [2.75, 3.05) is 0 Å². The van der Waals surface area contributed by atoms with Crippen molar-refractivity contribution < 1.29 is 0 Å². The van der Waals surface area contributed by atoms with E-state index in [-0.39, 0.29) is 0 Å². The highest BCUT2D eigenvalue weighted by Crippen LogP contribution is 2.04. The Hall–Kier alpha value is -1.75. The van der Waals surface area contributed by atoms with Crippen LogP contribution >= 0.6 is 0 Å². The molecule has 0 amide bonds. The lowest BCUT2D eigenvalue weighted by Crippen LogP contribution is -2.24. The smallest absolute Gasteiger partial charge is 0.155 e. The maximum absolute atomic E-state index is 4.24. The molecule has 0 aliphatic carbocycles. The number of nitrogens with one attached hydrogen (secondary N) is 1. The van der Waals surface area contributed by atoms with E-state index in [1.165, 1.54) is 0 Å². The minimum absolute atomic E-state index is 0.425. The number of hydrogen-bond donors (Lipinski definition) is 1. The van der Waals surface area contributed by atoms with Gasteiger partial charge in [-0.3, -0.25) is 0 Å². The molecule has 2 heterocycles. The van der Waals surface area contributed by atoms with Gasteiger partial charge in [-0.05, 0) is 12.1 Å². The zero-order valence-corrected chi connectivity index (χ0v) is 9.46. The molecular weight excluding hydrogens is 202 g/mol. The molecule has 2 aromatic rings. The van der Waals surface area contributed by atoms with Gasteiger partial charge in [0.2, 0.25) is 0 Å². The third-order valence-electron chi connectivity index (χ3n) is 2.15. The van der Waals surface area contributed by atoms with E-state index in [4.69, 9.17) is 0 Å². The highest BCUT2D eigenvalue weighted by molar-refractivity contribution is 5.20. The molecule has 0 aliphatic heterocycles. The molecule has 0 saturated heterocycles. The molecular formula is C11H15N5. The van der Waals surface area contributed by atoms with Crippen molar-refractivity contribution >= 4 is 0 Å². The van der Waals surface area contributed by atoms with Crippen molar-refractivity contribution in [2.45, 2.75) is 26.4 Å². The van der Waals surface area contributed by atoms with Crippen LogP contribution in [0.1, 0.15) is 19.7 Å². The normalized spacial score (nSPS) is 10.9. The molecule has 2 aromatic heterocycles. The fourth-order valence-corrected chi connectivity index (χ4v) is 1.35. The predicted molar refractivity (Wildman–Crippen MR) is 61.1 cm³/mol.